The van der Waals surface area contributed by atoms with E-state index in [4.69, 9.17) is 28.9 Å². The Labute approximate surface area is 337 Å². The summed E-state index contributed by atoms with van der Waals surface area (Å²) in [5.74, 6) is -3.42. The maximum absolute atomic E-state index is 15.0. The third-order valence-corrected chi connectivity index (χ3v) is 9.00. The Balaban J connectivity index is 1.05. The van der Waals surface area contributed by atoms with Crippen LogP contribution in [0.3, 0.4) is 0 Å². The molecule has 5 rings (SSSR count). The van der Waals surface area contributed by atoms with Crippen LogP contribution in [0.2, 0.25) is 0 Å². The summed E-state index contributed by atoms with van der Waals surface area (Å²) in [6.07, 6.45) is 12.4. The summed E-state index contributed by atoms with van der Waals surface area (Å²) in [7, 11) is 0. The molecule has 0 fully saturated rings. The number of esters is 4. The highest BCUT2D eigenvalue weighted by molar-refractivity contribution is 5.95. The normalized spacial score (nSPS) is 10.6. The van der Waals surface area contributed by atoms with Crippen molar-refractivity contribution in [3.05, 3.63) is 149 Å². The standard InChI is InChI=1S/C47H44FNO9/c1-2-3-4-5-6-7-8-9-10-11-29-54-38-24-17-35(18-25-38)45(51)58-43-28-21-37(31-42(43)48)47(53)57-41-14-12-13-36(30-41)46(52)56-40-26-19-34(20-27-40)44(50)55-39-22-15-33(32-49)16-23-39/h12-28,30-31H,2-11,29H2,1H3. The highest BCUT2D eigenvalue weighted by Crippen LogP contribution is 2.24. The lowest BCUT2D eigenvalue weighted by atomic mass is 10.1. The van der Waals surface area contributed by atoms with Crippen LogP contribution in [0.4, 0.5) is 4.39 Å². The van der Waals surface area contributed by atoms with Crippen molar-refractivity contribution >= 4 is 23.9 Å². The number of unbranched alkanes of at least 4 members (excludes halogenated alkanes) is 9. The first kappa shape index (κ1) is 42.3. The molecule has 0 atom stereocenters. The Morgan fingerprint density at radius 2 is 0.966 bits per heavy atom. The molecule has 0 aliphatic heterocycles. The summed E-state index contributed by atoms with van der Waals surface area (Å²) in [6, 6.07) is 29.0. The number of nitrogens with zero attached hydrogens (tertiary/aromatic N) is 1. The van der Waals surface area contributed by atoms with Gasteiger partial charge in [-0.15, -0.1) is 0 Å². The predicted octanol–water partition coefficient (Wildman–Crippen LogP) is 10.9. The van der Waals surface area contributed by atoms with Gasteiger partial charge in [-0.25, -0.2) is 23.6 Å². The van der Waals surface area contributed by atoms with E-state index in [-0.39, 0.29) is 45.3 Å². The largest absolute Gasteiger partial charge is 0.494 e. The van der Waals surface area contributed by atoms with E-state index in [0.29, 0.717) is 17.9 Å². The lowest BCUT2D eigenvalue weighted by molar-refractivity contribution is 0.0711. The minimum atomic E-state index is -0.954. The Bertz CT molecular complexity index is 2190. The van der Waals surface area contributed by atoms with Gasteiger partial charge < -0.3 is 23.7 Å². The van der Waals surface area contributed by atoms with Gasteiger partial charge in [0.1, 0.15) is 23.0 Å². The zero-order chi connectivity index (χ0) is 41.1. The SMILES string of the molecule is CCCCCCCCCCCCOc1ccc(C(=O)Oc2ccc(C(=O)Oc3cccc(C(=O)Oc4ccc(C(=O)Oc5ccc(C#N)cc5)cc4)c3)cc2F)cc1. The molecule has 0 unspecified atom stereocenters. The maximum Gasteiger partial charge on any atom is 0.343 e. The van der Waals surface area contributed by atoms with Crippen molar-refractivity contribution in [3.63, 3.8) is 0 Å². The molecule has 0 N–H and O–H groups in total. The molecule has 10 nitrogen and oxygen atoms in total. The smallest absolute Gasteiger partial charge is 0.343 e. The van der Waals surface area contributed by atoms with E-state index in [0.717, 1.165) is 25.0 Å². The van der Waals surface area contributed by atoms with Gasteiger partial charge in [0.15, 0.2) is 11.6 Å². The topological polar surface area (TPSA) is 138 Å². The van der Waals surface area contributed by atoms with Crippen LogP contribution < -0.4 is 23.7 Å². The van der Waals surface area contributed by atoms with E-state index in [1.54, 1.807) is 24.3 Å². The number of carbonyl (C=O) groups excluding carboxylic acids is 4. The molecular weight excluding hydrogens is 742 g/mol. The number of benzene rings is 5. The average molecular weight is 786 g/mol. The molecule has 0 amide bonds. The average Bonchev–Trinajstić information content (AvgIpc) is 3.24. The Kier molecular flexibility index (Phi) is 16.1. The van der Waals surface area contributed by atoms with Gasteiger partial charge in [-0.2, -0.15) is 5.26 Å². The second-order valence-electron chi connectivity index (χ2n) is 13.4. The van der Waals surface area contributed by atoms with Crippen molar-refractivity contribution in [2.75, 3.05) is 6.61 Å². The molecule has 298 valence electrons. The second kappa shape index (κ2) is 22.1. The predicted molar refractivity (Wildman–Crippen MR) is 214 cm³/mol. The van der Waals surface area contributed by atoms with E-state index < -0.39 is 29.7 Å². The zero-order valence-electron chi connectivity index (χ0n) is 32.2. The molecule has 11 heteroatoms. The Morgan fingerprint density at radius 3 is 1.53 bits per heavy atom. The molecule has 0 bridgehead atoms. The molecule has 0 aliphatic rings. The van der Waals surface area contributed by atoms with Crippen LogP contribution in [0, 0.1) is 17.1 Å². The first-order valence-corrected chi connectivity index (χ1v) is 19.3. The van der Waals surface area contributed by atoms with E-state index >= 15 is 0 Å². The lowest BCUT2D eigenvalue weighted by Gasteiger charge is -2.10. The third kappa shape index (κ3) is 13.2. The fourth-order valence-electron chi connectivity index (χ4n) is 5.78. The van der Waals surface area contributed by atoms with Gasteiger partial charge >= 0.3 is 23.9 Å². The summed E-state index contributed by atoms with van der Waals surface area (Å²) < 4.78 is 42.1. The molecular formula is C47H44FNO9. The summed E-state index contributed by atoms with van der Waals surface area (Å²) in [5.41, 5.74) is 0.717. The number of halogens is 1. The van der Waals surface area contributed by atoms with Crippen molar-refractivity contribution in [2.45, 2.75) is 71.1 Å². The number of rotatable bonds is 20. The zero-order valence-corrected chi connectivity index (χ0v) is 32.2. The van der Waals surface area contributed by atoms with Crippen molar-refractivity contribution < 1.29 is 47.3 Å². The fraction of sp³-hybridized carbons (Fsp3) is 0.255. The summed E-state index contributed by atoms with van der Waals surface area (Å²) in [5, 5.41) is 8.91. The Hall–Kier alpha value is -6.80. The molecule has 0 saturated heterocycles. The minimum absolute atomic E-state index is 0.00724. The highest BCUT2D eigenvalue weighted by atomic mass is 19.1. The van der Waals surface area contributed by atoms with Crippen LogP contribution in [0.1, 0.15) is 118 Å². The minimum Gasteiger partial charge on any atom is -0.494 e. The number of nitriles is 1. The Morgan fingerprint density at radius 1 is 0.500 bits per heavy atom. The van der Waals surface area contributed by atoms with Gasteiger partial charge in [0.05, 0.1) is 40.5 Å². The molecule has 0 radical (unpaired) electrons. The number of ether oxygens (including phenoxy) is 5. The van der Waals surface area contributed by atoms with Gasteiger partial charge in [-0.3, -0.25) is 0 Å². The molecule has 0 aromatic heterocycles. The summed E-state index contributed by atoms with van der Waals surface area (Å²) in [6.45, 7) is 2.81. The van der Waals surface area contributed by atoms with Crippen LogP contribution in [0.15, 0.2) is 115 Å². The van der Waals surface area contributed by atoms with Crippen LogP contribution in [-0.2, 0) is 0 Å². The van der Waals surface area contributed by atoms with Crippen LogP contribution in [0.5, 0.6) is 28.7 Å². The number of hydrogen-bond acceptors (Lipinski definition) is 10. The molecule has 0 heterocycles. The van der Waals surface area contributed by atoms with E-state index in [1.165, 1.54) is 130 Å². The van der Waals surface area contributed by atoms with E-state index in [1.807, 2.05) is 6.07 Å². The first-order valence-electron chi connectivity index (χ1n) is 19.3. The monoisotopic (exact) mass is 785 g/mol. The van der Waals surface area contributed by atoms with Crippen molar-refractivity contribution in [1.82, 2.24) is 0 Å². The first-order chi connectivity index (χ1) is 28.2. The van der Waals surface area contributed by atoms with Crippen molar-refractivity contribution in [1.29, 1.82) is 5.26 Å². The van der Waals surface area contributed by atoms with Crippen LogP contribution in [-0.4, -0.2) is 30.5 Å². The molecule has 58 heavy (non-hydrogen) atoms. The molecule has 5 aromatic rings. The van der Waals surface area contributed by atoms with Gasteiger partial charge in [-0.1, -0.05) is 70.8 Å². The van der Waals surface area contributed by atoms with Gasteiger partial charge in [0, 0.05) is 0 Å². The number of carbonyl (C=O) groups is 4. The van der Waals surface area contributed by atoms with Gasteiger partial charge in [-0.05, 0) is 116 Å². The molecule has 0 aliphatic carbocycles. The van der Waals surface area contributed by atoms with Crippen LogP contribution in [0.25, 0.3) is 0 Å². The molecule has 5 aromatic carbocycles. The number of hydrogen-bond donors (Lipinski definition) is 0. The summed E-state index contributed by atoms with van der Waals surface area (Å²) >= 11 is 0. The van der Waals surface area contributed by atoms with Gasteiger partial charge in [0.25, 0.3) is 0 Å². The highest BCUT2D eigenvalue weighted by Gasteiger charge is 2.18. The molecule has 0 spiro atoms. The lowest BCUT2D eigenvalue weighted by Crippen LogP contribution is -2.13. The maximum atomic E-state index is 15.0. The quantitative estimate of drug-likeness (QED) is 0.0426. The second-order valence-corrected chi connectivity index (χ2v) is 13.4. The van der Waals surface area contributed by atoms with Gasteiger partial charge in [0.2, 0.25) is 0 Å². The van der Waals surface area contributed by atoms with Crippen LogP contribution >= 0.6 is 0 Å². The third-order valence-electron chi connectivity index (χ3n) is 9.00. The molecule has 0 saturated carbocycles. The summed E-state index contributed by atoms with van der Waals surface area (Å²) in [4.78, 5) is 51.0. The van der Waals surface area contributed by atoms with Crippen molar-refractivity contribution in [3.8, 4) is 34.8 Å². The van der Waals surface area contributed by atoms with Crippen molar-refractivity contribution in [2.24, 2.45) is 0 Å². The fourth-order valence-corrected chi connectivity index (χ4v) is 5.78. The van der Waals surface area contributed by atoms with E-state index in [9.17, 15) is 23.6 Å². The van der Waals surface area contributed by atoms with E-state index in [2.05, 4.69) is 6.92 Å².